The predicted octanol–water partition coefficient (Wildman–Crippen LogP) is 1.21. The van der Waals surface area contributed by atoms with Gasteiger partial charge in [0.1, 0.15) is 0 Å². The third-order valence-corrected chi connectivity index (χ3v) is 2.62. The van der Waals surface area contributed by atoms with E-state index in [2.05, 4.69) is 22.2 Å². The van der Waals surface area contributed by atoms with Gasteiger partial charge in [0.15, 0.2) is 0 Å². The molecule has 2 N–H and O–H groups in total. The van der Waals surface area contributed by atoms with E-state index >= 15 is 0 Å². The lowest BCUT2D eigenvalue weighted by Crippen LogP contribution is -2.22. The van der Waals surface area contributed by atoms with Gasteiger partial charge in [-0.05, 0) is 26.2 Å². The molecule has 1 rings (SSSR count). The first-order chi connectivity index (χ1) is 8.83. The minimum Gasteiger partial charge on any atom is -0.380 e. The number of nitrogens with zero attached hydrogens (tertiary/aromatic N) is 3. The number of hydrogen-bond donors (Lipinski definition) is 1. The molecule has 0 saturated carbocycles. The molecule has 5 nitrogen and oxygen atoms in total. The summed E-state index contributed by atoms with van der Waals surface area (Å²) in [4.78, 5) is 0. The van der Waals surface area contributed by atoms with Crippen LogP contribution in [0.2, 0.25) is 0 Å². The van der Waals surface area contributed by atoms with Gasteiger partial charge in [-0.15, -0.1) is 16.9 Å². The lowest BCUT2D eigenvalue weighted by Gasteiger charge is -2.11. The molecular weight excluding hydrogens is 228 g/mol. The second-order valence-electron chi connectivity index (χ2n) is 4.15. The van der Waals surface area contributed by atoms with E-state index in [1.807, 2.05) is 17.8 Å². The average Bonchev–Trinajstić information content (AvgIpc) is 2.87. The van der Waals surface area contributed by atoms with Gasteiger partial charge in [-0.25, -0.2) is 0 Å². The largest absolute Gasteiger partial charge is 0.380 e. The molecule has 1 aromatic rings. The third kappa shape index (κ3) is 7.05. The van der Waals surface area contributed by atoms with Crippen molar-refractivity contribution in [3.63, 3.8) is 0 Å². The van der Waals surface area contributed by atoms with Crippen molar-refractivity contribution in [3.8, 4) is 11.8 Å². The van der Waals surface area contributed by atoms with Crippen molar-refractivity contribution in [1.29, 1.82) is 0 Å². The topological polar surface area (TPSA) is 66.0 Å². The molecule has 0 aliphatic heterocycles. The van der Waals surface area contributed by atoms with Gasteiger partial charge in [0, 0.05) is 31.8 Å². The Labute approximate surface area is 109 Å². The standard InChI is InChI=1S/C13H22N4O/c1-2-3-4-11-18-12-7-13(14)6-5-9-17-10-8-15-16-17/h8,10,13H,4-7,9,11-12,14H2,1H3. The summed E-state index contributed by atoms with van der Waals surface area (Å²) in [6.45, 7) is 4.13. The van der Waals surface area contributed by atoms with E-state index < -0.39 is 0 Å². The Morgan fingerprint density at radius 3 is 3.00 bits per heavy atom. The monoisotopic (exact) mass is 250 g/mol. The van der Waals surface area contributed by atoms with E-state index in [0.29, 0.717) is 6.61 Å². The third-order valence-electron chi connectivity index (χ3n) is 2.62. The minimum absolute atomic E-state index is 0.200. The Balaban J connectivity index is 1.93. The molecule has 1 unspecified atom stereocenters. The smallest absolute Gasteiger partial charge is 0.0692 e. The summed E-state index contributed by atoms with van der Waals surface area (Å²) in [5, 5.41) is 7.66. The second-order valence-corrected chi connectivity index (χ2v) is 4.15. The second kappa shape index (κ2) is 9.63. The van der Waals surface area contributed by atoms with Crippen LogP contribution in [0.1, 0.15) is 32.6 Å². The average molecular weight is 250 g/mol. The van der Waals surface area contributed by atoms with Crippen molar-refractivity contribution in [3.05, 3.63) is 12.4 Å². The van der Waals surface area contributed by atoms with Crippen LogP contribution in [0.4, 0.5) is 0 Å². The summed E-state index contributed by atoms with van der Waals surface area (Å²) < 4.78 is 7.27. The summed E-state index contributed by atoms with van der Waals surface area (Å²) in [5.41, 5.74) is 6.00. The first kappa shape index (κ1) is 14.7. The Morgan fingerprint density at radius 2 is 2.28 bits per heavy atom. The molecule has 1 heterocycles. The number of aryl methyl sites for hydroxylation is 1. The zero-order chi connectivity index (χ0) is 13.1. The highest BCUT2D eigenvalue weighted by Gasteiger charge is 2.02. The van der Waals surface area contributed by atoms with Gasteiger partial charge in [0.2, 0.25) is 0 Å². The van der Waals surface area contributed by atoms with E-state index in [4.69, 9.17) is 10.5 Å². The Morgan fingerprint density at radius 1 is 1.39 bits per heavy atom. The number of aromatic nitrogens is 3. The van der Waals surface area contributed by atoms with Gasteiger partial charge >= 0.3 is 0 Å². The molecule has 0 aromatic carbocycles. The lowest BCUT2D eigenvalue weighted by molar-refractivity contribution is 0.131. The highest BCUT2D eigenvalue weighted by molar-refractivity contribution is 4.94. The fraction of sp³-hybridized carbons (Fsp3) is 0.692. The maximum Gasteiger partial charge on any atom is 0.0692 e. The van der Waals surface area contributed by atoms with Crippen LogP contribution in [0.3, 0.4) is 0 Å². The van der Waals surface area contributed by atoms with Crippen LogP contribution in [0.15, 0.2) is 12.4 Å². The molecule has 100 valence electrons. The van der Waals surface area contributed by atoms with Crippen LogP contribution < -0.4 is 5.73 Å². The van der Waals surface area contributed by atoms with Crippen molar-refractivity contribution >= 4 is 0 Å². The van der Waals surface area contributed by atoms with Crippen LogP contribution in [0, 0.1) is 11.8 Å². The van der Waals surface area contributed by atoms with E-state index in [1.54, 1.807) is 6.20 Å². The fourth-order valence-electron chi connectivity index (χ4n) is 1.60. The summed E-state index contributed by atoms with van der Waals surface area (Å²) in [7, 11) is 0. The lowest BCUT2D eigenvalue weighted by atomic mass is 10.1. The SMILES string of the molecule is CC#CCCOCCC(N)CCCn1ccnn1. The summed E-state index contributed by atoms with van der Waals surface area (Å²) in [6.07, 6.45) is 7.26. The van der Waals surface area contributed by atoms with Crippen LogP contribution in [0.25, 0.3) is 0 Å². The first-order valence-corrected chi connectivity index (χ1v) is 6.40. The molecule has 0 aliphatic carbocycles. The zero-order valence-electron chi connectivity index (χ0n) is 11.0. The predicted molar refractivity (Wildman–Crippen MR) is 70.7 cm³/mol. The molecule has 0 spiro atoms. The minimum atomic E-state index is 0.200. The zero-order valence-corrected chi connectivity index (χ0v) is 11.0. The summed E-state index contributed by atoms with van der Waals surface area (Å²) >= 11 is 0. The summed E-state index contributed by atoms with van der Waals surface area (Å²) in [5.74, 6) is 5.81. The molecule has 1 aromatic heterocycles. The van der Waals surface area contributed by atoms with Crippen molar-refractivity contribution in [2.24, 2.45) is 5.73 Å². The molecule has 0 aliphatic rings. The molecule has 18 heavy (non-hydrogen) atoms. The molecule has 0 saturated heterocycles. The molecule has 5 heteroatoms. The van der Waals surface area contributed by atoms with E-state index in [9.17, 15) is 0 Å². The molecule has 1 atom stereocenters. The highest BCUT2D eigenvalue weighted by Crippen LogP contribution is 2.01. The number of nitrogens with two attached hydrogens (primary N) is 1. The van der Waals surface area contributed by atoms with E-state index in [-0.39, 0.29) is 6.04 Å². The Bertz CT molecular complexity index is 353. The van der Waals surface area contributed by atoms with Gasteiger partial charge in [-0.2, -0.15) is 0 Å². The molecule has 0 amide bonds. The molecule has 0 radical (unpaired) electrons. The normalized spacial score (nSPS) is 11.9. The van der Waals surface area contributed by atoms with E-state index in [1.165, 1.54) is 0 Å². The maximum atomic E-state index is 6.00. The van der Waals surface area contributed by atoms with Crippen molar-refractivity contribution in [2.45, 2.75) is 45.2 Å². The summed E-state index contributed by atoms with van der Waals surface area (Å²) in [6, 6.07) is 0.200. The van der Waals surface area contributed by atoms with Gasteiger partial charge in [0.25, 0.3) is 0 Å². The molecule has 0 bridgehead atoms. The van der Waals surface area contributed by atoms with Crippen molar-refractivity contribution < 1.29 is 4.74 Å². The van der Waals surface area contributed by atoms with Crippen LogP contribution >= 0.6 is 0 Å². The fourth-order valence-corrected chi connectivity index (χ4v) is 1.60. The highest BCUT2D eigenvalue weighted by atomic mass is 16.5. The molecule has 0 fully saturated rings. The van der Waals surface area contributed by atoms with Crippen LogP contribution in [-0.4, -0.2) is 34.2 Å². The quantitative estimate of drug-likeness (QED) is 0.528. The van der Waals surface area contributed by atoms with Gasteiger partial charge in [-0.3, -0.25) is 4.68 Å². The first-order valence-electron chi connectivity index (χ1n) is 6.40. The number of rotatable bonds is 9. The van der Waals surface area contributed by atoms with Gasteiger partial charge in [-0.1, -0.05) is 5.21 Å². The van der Waals surface area contributed by atoms with E-state index in [0.717, 1.165) is 38.8 Å². The van der Waals surface area contributed by atoms with Crippen molar-refractivity contribution in [1.82, 2.24) is 15.0 Å². The number of ether oxygens (including phenoxy) is 1. The van der Waals surface area contributed by atoms with Gasteiger partial charge < -0.3 is 10.5 Å². The Kier molecular flexibility index (Phi) is 7.85. The van der Waals surface area contributed by atoms with Crippen LogP contribution in [-0.2, 0) is 11.3 Å². The maximum absolute atomic E-state index is 6.00. The Hall–Kier alpha value is -1.38. The van der Waals surface area contributed by atoms with Crippen LogP contribution in [0.5, 0.6) is 0 Å². The van der Waals surface area contributed by atoms with Crippen molar-refractivity contribution in [2.75, 3.05) is 13.2 Å². The van der Waals surface area contributed by atoms with Gasteiger partial charge in [0.05, 0.1) is 12.8 Å². The molecular formula is C13H22N4O. The number of hydrogen-bond acceptors (Lipinski definition) is 4.